The fourth-order valence-corrected chi connectivity index (χ4v) is 0. The smallest absolute Gasteiger partial charge is 0.0684 e. The number of hydrogen-bond donors (Lipinski definition) is 0. The van der Waals surface area contributed by atoms with Gasteiger partial charge in [0.25, 0.3) is 0 Å². The molecule has 0 saturated heterocycles. The molecule has 1 nitrogen and oxygen atoms in total. The van der Waals surface area contributed by atoms with E-state index >= 15 is 0 Å². The molecule has 0 aromatic heterocycles. The van der Waals surface area contributed by atoms with Gasteiger partial charge in [-0.05, 0) is 13.8 Å². The van der Waals surface area contributed by atoms with E-state index in [9.17, 15) is 0 Å². The van der Waals surface area contributed by atoms with Crippen LogP contribution in [-0.4, -0.2) is 14.2 Å². The van der Waals surface area contributed by atoms with E-state index in [0.717, 1.165) is 0 Å². The van der Waals surface area contributed by atoms with Gasteiger partial charge in [0.15, 0.2) is 0 Å². The second-order valence-electron chi connectivity index (χ2n) is 1.05. The molecule has 0 N–H and O–H groups in total. The van der Waals surface area contributed by atoms with E-state index in [4.69, 9.17) is 4.65 Å². The van der Waals surface area contributed by atoms with Crippen LogP contribution in [0.15, 0.2) is 0 Å². The number of hydrogen-bond acceptors (Lipinski definition) is 1. The van der Waals surface area contributed by atoms with Crippen LogP contribution in [0.4, 0.5) is 0 Å². The summed E-state index contributed by atoms with van der Waals surface area (Å²) in [5.41, 5.74) is 0. The van der Waals surface area contributed by atoms with E-state index in [-0.39, 0.29) is 8.05 Å². The molecule has 0 aliphatic carbocycles. The first-order valence-corrected chi connectivity index (χ1v) is 1.39. The molecule has 0 amide bonds. The molecule has 0 fully saturated rings. The van der Waals surface area contributed by atoms with Crippen LogP contribution >= 0.6 is 0 Å². The van der Waals surface area contributed by atoms with Crippen LogP contribution in [0.1, 0.15) is 13.8 Å². The Balaban J connectivity index is 2.54. The standard InChI is InChI=1S/C3H10BO/c1-3(2)5-4/h3H,1-2,4H3/q-1. The van der Waals surface area contributed by atoms with E-state index < -0.39 is 0 Å². The van der Waals surface area contributed by atoms with Crippen molar-refractivity contribution in [2.24, 2.45) is 0 Å². The summed E-state index contributed by atoms with van der Waals surface area (Å²) in [6.07, 6.45) is 0.495. The summed E-state index contributed by atoms with van der Waals surface area (Å²) in [7, 11) is 0.213. The van der Waals surface area contributed by atoms with Gasteiger partial charge < -0.3 is 4.65 Å². The average molecular weight is 72.9 g/mol. The summed E-state index contributed by atoms with van der Waals surface area (Å²) < 4.78 is 5.00. The first kappa shape index (κ1) is 5.02. The summed E-state index contributed by atoms with van der Waals surface area (Å²) >= 11 is 0. The highest BCUT2D eigenvalue weighted by Gasteiger charge is 1.72. The van der Waals surface area contributed by atoms with Crippen LogP contribution in [0.3, 0.4) is 0 Å². The van der Waals surface area contributed by atoms with Gasteiger partial charge in [0.2, 0.25) is 0 Å². The van der Waals surface area contributed by atoms with E-state index in [1.165, 1.54) is 0 Å². The fraction of sp³-hybridized carbons (Fsp3) is 1.00. The minimum Gasteiger partial charge on any atom is -0.597 e. The summed E-state index contributed by atoms with van der Waals surface area (Å²) in [6.45, 7) is 4.12. The Morgan fingerprint density at radius 1 is 1.60 bits per heavy atom. The molecule has 0 radical (unpaired) electrons. The molecule has 0 aliphatic heterocycles. The molecule has 0 saturated carbocycles. The maximum absolute atomic E-state index is 5.00. The van der Waals surface area contributed by atoms with E-state index in [0.29, 0.717) is 6.10 Å². The predicted octanol–water partition coefficient (Wildman–Crippen LogP) is -0.308. The van der Waals surface area contributed by atoms with Crippen molar-refractivity contribution < 1.29 is 4.65 Å². The molecule has 2 heteroatoms. The van der Waals surface area contributed by atoms with Crippen molar-refractivity contribution >= 4 is 8.05 Å². The van der Waals surface area contributed by atoms with Gasteiger partial charge in [0, 0.05) is 6.10 Å². The first-order chi connectivity index (χ1) is 2.27. The quantitative estimate of drug-likeness (QED) is 0.387. The van der Waals surface area contributed by atoms with Crippen LogP contribution in [0.5, 0.6) is 0 Å². The van der Waals surface area contributed by atoms with Gasteiger partial charge in [-0.15, -0.1) is 0 Å². The zero-order valence-corrected chi connectivity index (χ0v) is 2.99. The molecule has 0 bridgehead atoms. The Morgan fingerprint density at radius 3 is 1.80 bits per heavy atom. The van der Waals surface area contributed by atoms with Gasteiger partial charge in [0.05, 0.1) is 8.05 Å². The molecule has 0 heterocycles. The average Bonchev–Trinajstić information content (AvgIpc) is 1.38. The van der Waals surface area contributed by atoms with Gasteiger partial charge in [0.1, 0.15) is 0 Å². The lowest BCUT2D eigenvalue weighted by atomic mass is 10.4. The van der Waals surface area contributed by atoms with Crippen LogP contribution in [0.25, 0.3) is 0 Å². The van der Waals surface area contributed by atoms with Crippen molar-refractivity contribution in [2.45, 2.75) is 20.0 Å². The summed E-state index contributed by atoms with van der Waals surface area (Å²) in [6, 6.07) is 0. The third-order valence-electron chi connectivity index (χ3n) is 0. The fourth-order valence-electron chi connectivity index (χ4n) is 0. The van der Waals surface area contributed by atoms with E-state index in [1.54, 1.807) is 0 Å². The Morgan fingerprint density at radius 2 is 1.80 bits per heavy atom. The molecule has 5 heavy (non-hydrogen) atoms. The van der Waals surface area contributed by atoms with Gasteiger partial charge in [-0.1, -0.05) is 0 Å². The van der Waals surface area contributed by atoms with E-state index in [1.807, 2.05) is 0 Å². The van der Waals surface area contributed by atoms with Crippen molar-refractivity contribution in [3.05, 3.63) is 0 Å². The van der Waals surface area contributed by atoms with Crippen molar-refractivity contribution in [3.63, 3.8) is 0 Å². The van der Waals surface area contributed by atoms with Crippen LogP contribution in [0, 0.1) is 0 Å². The van der Waals surface area contributed by atoms with Crippen molar-refractivity contribution in [2.75, 3.05) is 0 Å². The maximum atomic E-state index is 5.00. The monoisotopic (exact) mass is 73.1 g/mol. The van der Waals surface area contributed by atoms with Crippen molar-refractivity contribution in [1.29, 1.82) is 0 Å². The lowest BCUT2D eigenvalue weighted by molar-refractivity contribution is 0.267. The van der Waals surface area contributed by atoms with Crippen molar-refractivity contribution in [1.82, 2.24) is 0 Å². The lowest BCUT2D eigenvalue weighted by Gasteiger charge is -2.04. The number of rotatable bonds is 1. The third-order valence-corrected chi connectivity index (χ3v) is 0. The van der Waals surface area contributed by atoms with Gasteiger partial charge >= 0.3 is 0 Å². The molecule has 0 atom stereocenters. The molecule has 0 unspecified atom stereocenters. The van der Waals surface area contributed by atoms with Gasteiger partial charge in [-0.2, -0.15) is 0 Å². The van der Waals surface area contributed by atoms with Crippen LogP contribution in [0.2, 0.25) is 0 Å². The Kier molecular flexibility index (Phi) is 2.28. The van der Waals surface area contributed by atoms with Gasteiger partial charge in [-0.3, -0.25) is 0 Å². The molecular formula is C3H10BO-. The normalized spacial score (nSPS) is 9.60. The molecule has 32 valence electrons. The highest BCUT2D eigenvalue weighted by Crippen LogP contribution is 1.76. The third kappa shape index (κ3) is 4.02. The molecular weight excluding hydrogens is 62.8 g/mol. The van der Waals surface area contributed by atoms with Crippen LogP contribution in [-0.2, 0) is 4.65 Å². The largest absolute Gasteiger partial charge is 0.597 e. The second-order valence-corrected chi connectivity index (χ2v) is 1.05. The lowest BCUT2D eigenvalue weighted by Crippen LogP contribution is -1.95. The molecule has 0 spiro atoms. The molecule has 0 aromatic carbocycles. The van der Waals surface area contributed by atoms with Crippen molar-refractivity contribution in [3.8, 4) is 0 Å². The second kappa shape index (κ2) is 2.27. The summed E-state index contributed by atoms with van der Waals surface area (Å²) in [4.78, 5) is 0. The Labute approximate surface area is 33.8 Å². The molecule has 0 aliphatic rings. The highest BCUT2D eigenvalue weighted by atomic mass is 16.4. The zero-order chi connectivity index (χ0) is 4.28. The SMILES string of the molecule is [BH3-]OC(C)C. The topological polar surface area (TPSA) is 9.23 Å². The Hall–Kier alpha value is 0.0249. The minimum atomic E-state index is 0.213. The highest BCUT2D eigenvalue weighted by molar-refractivity contribution is 5.98. The Bertz CT molecular complexity index is 20.9. The predicted molar refractivity (Wildman–Crippen MR) is 26.2 cm³/mol. The van der Waals surface area contributed by atoms with Crippen LogP contribution < -0.4 is 0 Å². The van der Waals surface area contributed by atoms with Gasteiger partial charge in [-0.25, -0.2) is 0 Å². The summed E-state index contributed by atoms with van der Waals surface area (Å²) in [5.74, 6) is 0. The molecule has 0 rings (SSSR count). The van der Waals surface area contributed by atoms with E-state index in [2.05, 4.69) is 13.8 Å². The summed E-state index contributed by atoms with van der Waals surface area (Å²) in [5, 5.41) is 0. The molecule has 0 aromatic rings. The minimum absolute atomic E-state index is 0.213. The first-order valence-electron chi connectivity index (χ1n) is 1.39. The zero-order valence-electron chi connectivity index (χ0n) is 2.99. The maximum Gasteiger partial charge on any atom is 0.0684 e.